The molecule has 0 saturated carbocycles. The minimum atomic E-state index is -0.991. The van der Waals surface area contributed by atoms with Crippen molar-refractivity contribution >= 4 is 15.9 Å². The van der Waals surface area contributed by atoms with Gasteiger partial charge in [-0.1, -0.05) is 41.9 Å². The lowest BCUT2D eigenvalue weighted by Gasteiger charge is -2.28. The monoisotopic (exact) mass is 322 g/mol. The summed E-state index contributed by atoms with van der Waals surface area (Å²) in [5.74, 6) is 0. The molecule has 1 aromatic carbocycles. The zero-order valence-electron chi connectivity index (χ0n) is 11.3. The molecule has 0 amide bonds. The van der Waals surface area contributed by atoms with E-state index < -0.39 is 5.60 Å². The maximum atomic E-state index is 11.1. The highest BCUT2D eigenvalue weighted by Crippen LogP contribution is 2.33. The van der Waals surface area contributed by atoms with Crippen molar-refractivity contribution in [1.29, 1.82) is 0 Å². The summed E-state index contributed by atoms with van der Waals surface area (Å²) < 4.78 is 2.86. The van der Waals surface area contributed by atoms with Crippen molar-refractivity contribution in [2.75, 3.05) is 0 Å². The van der Waals surface area contributed by atoms with Crippen LogP contribution in [0.2, 0.25) is 0 Å². The zero-order chi connectivity index (χ0) is 13.9. The van der Waals surface area contributed by atoms with Gasteiger partial charge in [0.25, 0.3) is 0 Å². The van der Waals surface area contributed by atoms with Crippen LogP contribution in [0, 0.1) is 0 Å². The van der Waals surface area contributed by atoms with Crippen LogP contribution in [0.1, 0.15) is 37.9 Å². The number of hydrogen-bond acceptors (Lipinski definition) is 2. The van der Waals surface area contributed by atoms with E-state index in [-0.39, 0.29) is 0 Å². The Bertz CT molecular complexity index is 553. The maximum Gasteiger partial charge on any atom is 0.131 e. The molecule has 0 fully saturated rings. The van der Waals surface area contributed by atoms with Crippen LogP contribution in [0.5, 0.6) is 0 Å². The number of halogens is 1. The van der Waals surface area contributed by atoms with Crippen molar-refractivity contribution in [1.82, 2.24) is 9.78 Å². The van der Waals surface area contributed by atoms with E-state index >= 15 is 0 Å². The first-order valence-electron chi connectivity index (χ1n) is 6.62. The fraction of sp³-hybridized carbons (Fsp3) is 0.400. The molecule has 0 aliphatic heterocycles. The summed E-state index contributed by atoms with van der Waals surface area (Å²) in [7, 11) is 0. The minimum absolute atomic E-state index is 0.610. The lowest BCUT2D eigenvalue weighted by atomic mass is 9.88. The van der Waals surface area contributed by atoms with Crippen LogP contribution in [0.4, 0.5) is 0 Å². The Morgan fingerprint density at radius 3 is 2.74 bits per heavy atom. The van der Waals surface area contributed by atoms with Gasteiger partial charge in [-0.25, -0.2) is 0 Å². The first-order chi connectivity index (χ1) is 9.11. The summed E-state index contributed by atoms with van der Waals surface area (Å²) in [5, 5.41) is 15.4. The SMILES string of the molecule is CCCn1nccc1C(O)(CC)c1cccc(Br)c1. The van der Waals surface area contributed by atoms with E-state index in [0.717, 1.165) is 28.7 Å². The molecule has 0 aliphatic carbocycles. The van der Waals surface area contributed by atoms with Crippen LogP contribution in [-0.4, -0.2) is 14.9 Å². The third kappa shape index (κ3) is 2.74. The summed E-state index contributed by atoms with van der Waals surface area (Å²) in [4.78, 5) is 0. The van der Waals surface area contributed by atoms with E-state index in [9.17, 15) is 5.11 Å². The lowest BCUT2D eigenvalue weighted by Crippen LogP contribution is -2.30. The van der Waals surface area contributed by atoms with Gasteiger partial charge in [0.2, 0.25) is 0 Å². The molecule has 0 spiro atoms. The molecule has 2 aromatic rings. The largest absolute Gasteiger partial charge is 0.379 e. The molecule has 0 radical (unpaired) electrons. The van der Waals surface area contributed by atoms with Gasteiger partial charge in [-0.15, -0.1) is 0 Å². The third-order valence-corrected chi connectivity index (χ3v) is 3.88. The highest BCUT2D eigenvalue weighted by atomic mass is 79.9. The molecule has 102 valence electrons. The molecule has 2 rings (SSSR count). The van der Waals surface area contributed by atoms with Crippen LogP contribution in [0.3, 0.4) is 0 Å². The van der Waals surface area contributed by atoms with Gasteiger partial charge in [0.05, 0.1) is 5.69 Å². The van der Waals surface area contributed by atoms with Crippen molar-refractivity contribution in [3.05, 3.63) is 52.3 Å². The molecule has 1 heterocycles. The van der Waals surface area contributed by atoms with Crippen molar-refractivity contribution in [3.8, 4) is 0 Å². The number of aryl methyl sites for hydroxylation is 1. The van der Waals surface area contributed by atoms with Gasteiger partial charge in [-0.2, -0.15) is 5.10 Å². The smallest absolute Gasteiger partial charge is 0.131 e. The average Bonchev–Trinajstić information content (AvgIpc) is 2.87. The fourth-order valence-electron chi connectivity index (χ4n) is 2.35. The normalized spacial score (nSPS) is 14.3. The van der Waals surface area contributed by atoms with Gasteiger partial charge in [-0.05, 0) is 36.6 Å². The molecule has 0 bridgehead atoms. The Hall–Kier alpha value is -1.13. The highest BCUT2D eigenvalue weighted by molar-refractivity contribution is 9.10. The Kier molecular flexibility index (Phi) is 4.42. The highest BCUT2D eigenvalue weighted by Gasteiger charge is 2.32. The van der Waals surface area contributed by atoms with Crippen LogP contribution >= 0.6 is 15.9 Å². The summed E-state index contributed by atoms with van der Waals surface area (Å²) >= 11 is 3.46. The molecule has 3 nitrogen and oxygen atoms in total. The molecular weight excluding hydrogens is 304 g/mol. The molecule has 1 unspecified atom stereocenters. The standard InChI is InChI=1S/C15H19BrN2O/c1-3-10-18-14(8-9-17-18)15(19,4-2)12-6-5-7-13(16)11-12/h5-9,11,19H,3-4,10H2,1-2H3. The van der Waals surface area contributed by atoms with Gasteiger partial charge in [0.15, 0.2) is 0 Å². The van der Waals surface area contributed by atoms with Crippen LogP contribution in [0.25, 0.3) is 0 Å². The van der Waals surface area contributed by atoms with E-state index in [2.05, 4.69) is 28.0 Å². The number of aromatic nitrogens is 2. The number of nitrogens with zero attached hydrogens (tertiary/aromatic N) is 2. The van der Waals surface area contributed by atoms with Crippen molar-refractivity contribution in [2.45, 2.75) is 38.8 Å². The Labute approximate surface area is 122 Å². The van der Waals surface area contributed by atoms with E-state index in [1.165, 1.54) is 0 Å². The maximum absolute atomic E-state index is 11.1. The first kappa shape index (κ1) is 14.3. The Balaban J connectivity index is 2.50. The first-order valence-corrected chi connectivity index (χ1v) is 7.41. The predicted octanol–water partition coefficient (Wildman–Crippen LogP) is 3.70. The van der Waals surface area contributed by atoms with Crippen LogP contribution in [0.15, 0.2) is 41.0 Å². The number of hydrogen-bond donors (Lipinski definition) is 1. The van der Waals surface area contributed by atoms with E-state index in [0.29, 0.717) is 6.42 Å². The predicted molar refractivity (Wildman–Crippen MR) is 79.9 cm³/mol. The van der Waals surface area contributed by atoms with Crippen LogP contribution < -0.4 is 0 Å². The second-order valence-electron chi connectivity index (χ2n) is 4.66. The zero-order valence-corrected chi connectivity index (χ0v) is 12.9. The fourth-order valence-corrected chi connectivity index (χ4v) is 2.75. The summed E-state index contributed by atoms with van der Waals surface area (Å²) in [5.41, 5.74) is 0.757. The molecule has 0 aliphatic rings. The van der Waals surface area contributed by atoms with Gasteiger partial charge in [0, 0.05) is 17.2 Å². The summed E-state index contributed by atoms with van der Waals surface area (Å²) in [6.07, 6.45) is 3.36. The summed E-state index contributed by atoms with van der Waals surface area (Å²) in [6.45, 7) is 4.92. The van der Waals surface area contributed by atoms with E-state index in [1.54, 1.807) is 6.20 Å². The Morgan fingerprint density at radius 2 is 2.11 bits per heavy atom. The molecule has 1 atom stereocenters. The minimum Gasteiger partial charge on any atom is -0.379 e. The lowest BCUT2D eigenvalue weighted by molar-refractivity contribution is 0.0663. The quantitative estimate of drug-likeness (QED) is 0.911. The van der Waals surface area contributed by atoms with Gasteiger partial charge < -0.3 is 5.11 Å². The van der Waals surface area contributed by atoms with Gasteiger partial charge >= 0.3 is 0 Å². The van der Waals surface area contributed by atoms with E-state index in [1.807, 2.05) is 41.9 Å². The molecule has 1 aromatic heterocycles. The van der Waals surface area contributed by atoms with Crippen molar-refractivity contribution in [3.63, 3.8) is 0 Å². The summed E-state index contributed by atoms with van der Waals surface area (Å²) in [6, 6.07) is 9.73. The third-order valence-electron chi connectivity index (χ3n) is 3.39. The topological polar surface area (TPSA) is 38.0 Å². The van der Waals surface area contributed by atoms with Crippen LogP contribution in [-0.2, 0) is 12.1 Å². The average molecular weight is 323 g/mol. The van der Waals surface area contributed by atoms with Gasteiger partial charge in [0.1, 0.15) is 5.60 Å². The number of benzene rings is 1. The second kappa shape index (κ2) is 5.88. The molecule has 0 saturated heterocycles. The van der Waals surface area contributed by atoms with Gasteiger partial charge in [-0.3, -0.25) is 4.68 Å². The van der Waals surface area contributed by atoms with Crippen molar-refractivity contribution < 1.29 is 5.11 Å². The van der Waals surface area contributed by atoms with E-state index in [4.69, 9.17) is 0 Å². The second-order valence-corrected chi connectivity index (χ2v) is 5.58. The Morgan fingerprint density at radius 1 is 1.32 bits per heavy atom. The molecular formula is C15H19BrN2O. The number of aliphatic hydroxyl groups is 1. The molecule has 4 heteroatoms. The molecule has 19 heavy (non-hydrogen) atoms. The molecule has 1 N–H and O–H groups in total. The van der Waals surface area contributed by atoms with Crippen molar-refractivity contribution in [2.24, 2.45) is 0 Å². The number of rotatable bonds is 5.